The van der Waals surface area contributed by atoms with E-state index in [1.807, 2.05) is 18.2 Å². The van der Waals surface area contributed by atoms with Gasteiger partial charge in [-0.2, -0.15) is 0 Å². The van der Waals surface area contributed by atoms with E-state index in [0.717, 1.165) is 51.1 Å². The predicted molar refractivity (Wildman–Crippen MR) is 147 cm³/mol. The Morgan fingerprint density at radius 3 is 2.50 bits per heavy atom. The van der Waals surface area contributed by atoms with Gasteiger partial charge in [-0.05, 0) is 62.3 Å². The number of rotatable bonds is 7. The number of hydrazine groups is 1. The molecule has 192 valence electrons. The fourth-order valence-corrected chi connectivity index (χ4v) is 6.56. The summed E-state index contributed by atoms with van der Waals surface area (Å²) >= 11 is 0. The van der Waals surface area contributed by atoms with Crippen molar-refractivity contribution in [1.29, 1.82) is 0 Å². The van der Waals surface area contributed by atoms with Crippen LogP contribution in [0.2, 0.25) is 0 Å². The third-order valence-electron chi connectivity index (χ3n) is 8.31. The lowest BCUT2D eigenvalue weighted by Crippen LogP contribution is -2.50. The number of carbonyl (C=O) groups excluding carboxylic acids is 1. The summed E-state index contributed by atoms with van der Waals surface area (Å²) in [6.07, 6.45) is 10.6. The second kappa shape index (κ2) is 11.7. The van der Waals surface area contributed by atoms with Crippen LogP contribution in [-0.2, 0) is 0 Å². The summed E-state index contributed by atoms with van der Waals surface area (Å²) in [6.45, 7) is 11.3. The number of piperidine rings is 2. The molecule has 3 aliphatic rings. The molecule has 3 atom stereocenters. The van der Waals surface area contributed by atoms with Crippen LogP contribution in [-0.4, -0.2) is 65.5 Å². The van der Waals surface area contributed by atoms with Crippen LogP contribution < -0.4 is 5.43 Å². The minimum atomic E-state index is 0.00210. The molecule has 3 saturated heterocycles. The minimum Gasteiger partial charge on any atom is -0.298 e. The fourth-order valence-electron chi connectivity index (χ4n) is 6.56. The van der Waals surface area contributed by atoms with E-state index in [1.165, 1.54) is 48.8 Å². The lowest BCUT2D eigenvalue weighted by atomic mass is 9.87. The van der Waals surface area contributed by atoms with Gasteiger partial charge < -0.3 is 0 Å². The summed E-state index contributed by atoms with van der Waals surface area (Å²) in [5.41, 5.74) is 7.78. The maximum Gasteiger partial charge on any atom is 0.265 e. The summed E-state index contributed by atoms with van der Waals surface area (Å²) in [5, 5.41) is 2.07. The van der Waals surface area contributed by atoms with Crippen LogP contribution in [0.5, 0.6) is 0 Å². The highest BCUT2D eigenvalue weighted by Crippen LogP contribution is 2.40. The summed E-state index contributed by atoms with van der Waals surface area (Å²) in [7, 11) is 0. The molecule has 3 aliphatic heterocycles. The van der Waals surface area contributed by atoms with Crippen molar-refractivity contribution in [2.24, 2.45) is 0 Å². The van der Waals surface area contributed by atoms with E-state index in [9.17, 15) is 4.79 Å². The molecule has 5 nitrogen and oxygen atoms in total. The molecule has 0 aromatic heterocycles. The topological polar surface area (TPSA) is 38.8 Å². The fraction of sp³-hybridized carbons (Fsp3) is 0.516. The van der Waals surface area contributed by atoms with Crippen molar-refractivity contribution in [1.82, 2.24) is 20.2 Å². The van der Waals surface area contributed by atoms with Crippen molar-refractivity contribution >= 4 is 5.91 Å². The molecule has 2 aromatic rings. The van der Waals surface area contributed by atoms with Gasteiger partial charge >= 0.3 is 0 Å². The highest BCUT2D eigenvalue weighted by atomic mass is 16.2. The third-order valence-corrected chi connectivity index (χ3v) is 8.31. The maximum atomic E-state index is 12.9. The molecule has 36 heavy (non-hydrogen) atoms. The summed E-state index contributed by atoms with van der Waals surface area (Å²) in [6, 6.07) is 18.7. The molecule has 5 heteroatoms. The smallest absolute Gasteiger partial charge is 0.265 e. The monoisotopic (exact) mass is 486 g/mol. The van der Waals surface area contributed by atoms with Crippen molar-refractivity contribution in [3.8, 4) is 0 Å². The van der Waals surface area contributed by atoms with E-state index in [0.29, 0.717) is 12.1 Å². The van der Waals surface area contributed by atoms with Gasteiger partial charge in [-0.3, -0.25) is 20.0 Å². The SMILES string of the molecule is C=CCN1CCC2CCCC(C1)N2C(c1ccc(C(=O)NN2CCCCC2)cc1)c1cccc(C)c1. The van der Waals surface area contributed by atoms with E-state index in [4.69, 9.17) is 0 Å². The zero-order chi connectivity index (χ0) is 24.9. The van der Waals surface area contributed by atoms with E-state index in [1.54, 1.807) is 0 Å². The zero-order valence-corrected chi connectivity index (χ0v) is 21.9. The van der Waals surface area contributed by atoms with Crippen LogP contribution in [0.25, 0.3) is 0 Å². The van der Waals surface area contributed by atoms with Crippen LogP contribution in [0.4, 0.5) is 0 Å². The second-order valence-corrected chi connectivity index (χ2v) is 11.0. The standard InChI is InChI=1S/C31H42N4O/c1-3-18-33-21-17-28-11-8-12-29(23-33)35(28)30(27-10-7-9-24(2)22-27)25-13-15-26(16-14-25)31(36)32-34-19-5-4-6-20-34/h3,7,9-10,13-16,22,28-30H,1,4-6,8,11-12,17-21,23H2,2H3,(H,32,36). The molecule has 5 rings (SSSR count). The largest absolute Gasteiger partial charge is 0.298 e. The number of fused-ring (bicyclic) bond motifs is 2. The first-order chi connectivity index (χ1) is 17.6. The van der Waals surface area contributed by atoms with Crippen LogP contribution in [0, 0.1) is 6.92 Å². The highest BCUT2D eigenvalue weighted by molar-refractivity contribution is 5.93. The van der Waals surface area contributed by atoms with Gasteiger partial charge in [0.2, 0.25) is 0 Å². The first-order valence-electron chi connectivity index (χ1n) is 14.0. The number of aryl methyl sites for hydroxylation is 1. The van der Waals surface area contributed by atoms with Crippen molar-refractivity contribution in [3.05, 3.63) is 83.4 Å². The van der Waals surface area contributed by atoms with Crippen LogP contribution in [0.3, 0.4) is 0 Å². The Morgan fingerprint density at radius 1 is 0.972 bits per heavy atom. The lowest BCUT2D eigenvalue weighted by molar-refractivity contribution is 0.0562. The van der Waals surface area contributed by atoms with Gasteiger partial charge in [0.15, 0.2) is 0 Å². The molecule has 3 unspecified atom stereocenters. The average molecular weight is 487 g/mol. The van der Waals surface area contributed by atoms with Crippen LogP contribution in [0.15, 0.2) is 61.2 Å². The normalized spacial score (nSPS) is 24.6. The van der Waals surface area contributed by atoms with Crippen molar-refractivity contribution in [2.45, 2.75) is 70.0 Å². The summed E-state index contributed by atoms with van der Waals surface area (Å²) in [5.74, 6) is 0.00210. The molecule has 0 radical (unpaired) electrons. The minimum absolute atomic E-state index is 0.00210. The van der Waals surface area contributed by atoms with Gasteiger partial charge in [-0.25, -0.2) is 5.01 Å². The number of nitrogens with zero attached hydrogens (tertiary/aromatic N) is 3. The van der Waals surface area contributed by atoms with E-state index >= 15 is 0 Å². The lowest BCUT2D eigenvalue weighted by Gasteiger charge is -2.46. The van der Waals surface area contributed by atoms with E-state index in [2.05, 4.69) is 70.1 Å². The Labute approximate surface area is 217 Å². The Balaban J connectivity index is 1.44. The highest BCUT2D eigenvalue weighted by Gasteiger charge is 2.39. The van der Waals surface area contributed by atoms with Gasteiger partial charge in [0.05, 0.1) is 6.04 Å². The average Bonchev–Trinajstić information content (AvgIpc) is 2.98. The molecule has 3 fully saturated rings. The molecule has 1 N–H and O–H groups in total. The van der Waals surface area contributed by atoms with Gasteiger partial charge in [0, 0.05) is 50.4 Å². The first kappa shape index (κ1) is 25.2. The number of amides is 1. The summed E-state index contributed by atoms with van der Waals surface area (Å²) in [4.78, 5) is 18.3. The molecular formula is C31H42N4O. The zero-order valence-electron chi connectivity index (χ0n) is 21.9. The van der Waals surface area contributed by atoms with Gasteiger partial charge in [-0.15, -0.1) is 6.58 Å². The predicted octanol–water partition coefficient (Wildman–Crippen LogP) is 5.33. The van der Waals surface area contributed by atoms with E-state index in [-0.39, 0.29) is 11.9 Å². The van der Waals surface area contributed by atoms with Gasteiger partial charge in [0.25, 0.3) is 5.91 Å². The van der Waals surface area contributed by atoms with Crippen LogP contribution in [0.1, 0.15) is 78.0 Å². The van der Waals surface area contributed by atoms with E-state index < -0.39 is 0 Å². The molecule has 0 saturated carbocycles. The van der Waals surface area contributed by atoms with Crippen molar-refractivity contribution in [2.75, 3.05) is 32.7 Å². The Morgan fingerprint density at radius 2 is 1.75 bits per heavy atom. The Bertz CT molecular complexity index is 1030. The molecule has 2 bridgehead atoms. The Kier molecular flexibility index (Phi) is 8.20. The third kappa shape index (κ3) is 5.74. The molecule has 0 spiro atoms. The molecule has 0 aliphatic carbocycles. The number of carbonyl (C=O) groups is 1. The first-order valence-corrected chi connectivity index (χ1v) is 14.0. The van der Waals surface area contributed by atoms with Crippen molar-refractivity contribution in [3.63, 3.8) is 0 Å². The van der Waals surface area contributed by atoms with Crippen molar-refractivity contribution < 1.29 is 4.79 Å². The Hall–Kier alpha value is -2.47. The molecule has 2 aromatic carbocycles. The quantitative estimate of drug-likeness (QED) is 0.537. The number of hydrogen-bond donors (Lipinski definition) is 1. The number of hydrogen-bond acceptors (Lipinski definition) is 4. The second-order valence-electron chi connectivity index (χ2n) is 11.0. The van der Waals surface area contributed by atoms with Crippen LogP contribution >= 0.6 is 0 Å². The molecule has 1 amide bonds. The molecular weight excluding hydrogens is 444 g/mol. The summed E-state index contributed by atoms with van der Waals surface area (Å²) < 4.78 is 0. The van der Waals surface area contributed by atoms with Gasteiger partial charge in [0.1, 0.15) is 0 Å². The maximum absolute atomic E-state index is 12.9. The number of nitrogens with one attached hydrogen (secondary N) is 1. The van der Waals surface area contributed by atoms with Gasteiger partial charge in [-0.1, -0.05) is 60.9 Å². The molecule has 3 heterocycles. The number of benzene rings is 2.